The number of ether oxygens (including phenoxy) is 1. The molecule has 3 fully saturated rings. The minimum Gasteiger partial charge on any atom is -0.381 e. The molecule has 2 saturated carbocycles. The van der Waals surface area contributed by atoms with Gasteiger partial charge >= 0.3 is 0 Å². The summed E-state index contributed by atoms with van der Waals surface area (Å²) in [6.45, 7) is 10.8. The third-order valence-electron chi connectivity index (χ3n) is 8.90. The van der Waals surface area contributed by atoms with Crippen molar-refractivity contribution in [3.05, 3.63) is 40.0 Å². The van der Waals surface area contributed by atoms with Crippen LogP contribution in [-0.2, 0) is 22.0 Å². The second-order valence-corrected chi connectivity index (χ2v) is 13.9. The highest BCUT2D eigenvalue weighted by Crippen LogP contribution is 2.50. The molecule has 1 aliphatic heterocycles. The Kier molecular flexibility index (Phi) is 7.35. The number of carbonyl (C=O) groups excluding carboxylic acids is 1. The van der Waals surface area contributed by atoms with Gasteiger partial charge in [-0.15, -0.1) is 11.3 Å². The van der Waals surface area contributed by atoms with Crippen molar-refractivity contribution in [2.24, 2.45) is 5.92 Å². The maximum Gasteiger partial charge on any atom is 0.282 e. The van der Waals surface area contributed by atoms with E-state index in [-0.39, 0.29) is 17.4 Å². The molecule has 0 N–H and O–H groups in total. The van der Waals surface area contributed by atoms with Crippen molar-refractivity contribution in [1.82, 2.24) is 9.88 Å². The Balaban J connectivity index is 1.54. The van der Waals surface area contributed by atoms with Gasteiger partial charge in [0.15, 0.2) is 5.01 Å². The van der Waals surface area contributed by atoms with Gasteiger partial charge in [0.2, 0.25) is 0 Å². The van der Waals surface area contributed by atoms with Crippen molar-refractivity contribution in [1.29, 1.82) is 0 Å². The van der Waals surface area contributed by atoms with E-state index < -0.39 is 0 Å². The van der Waals surface area contributed by atoms with Crippen LogP contribution in [0.5, 0.6) is 0 Å². The van der Waals surface area contributed by atoms with Crippen LogP contribution in [0.15, 0.2) is 18.2 Å². The minimum absolute atomic E-state index is 0.0735. The van der Waals surface area contributed by atoms with E-state index in [9.17, 15) is 4.79 Å². The maximum atomic E-state index is 13.6. The van der Waals surface area contributed by atoms with Crippen molar-refractivity contribution in [2.45, 2.75) is 109 Å². The largest absolute Gasteiger partial charge is 0.381 e. The summed E-state index contributed by atoms with van der Waals surface area (Å²) in [5, 5.41) is 0.658. The first kappa shape index (κ1) is 25.9. The fraction of sp³-hybridized carbons (Fsp3) is 0.677. The molecule has 1 aromatic heterocycles. The lowest BCUT2D eigenvalue weighted by molar-refractivity contribution is 0.0361. The predicted octanol–water partition coefficient (Wildman–Crippen LogP) is 7.53. The number of benzene rings is 1. The summed E-state index contributed by atoms with van der Waals surface area (Å²) >= 11 is 1.63. The Morgan fingerprint density at radius 3 is 2.42 bits per heavy atom. The highest BCUT2D eigenvalue weighted by atomic mass is 32.1. The lowest BCUT2D eigenvalue weighted by atomic mass is 9.82. The first-order valence-corrected chi connectivity index (χ1v) is 15.0. The molecule has 0 atom stereocenters. The van der Waals surface area contributed by atoms with Crippen molar-refractivity contribution in [3.63, 3.8) is 0 Å². The number of rotatable bonds is 6. The molecule has 5 rings (SSSR count). The second-order valence-electron chi connectivity index (χ2n) is 12.9. The Morgan fingerprint density at radius 1 is 1.08 bits per heavy atom. The molecule has 1 amide bonds. The van der Waals surface area contributed by atoms with E-state index in [1.165, 1.54) is 66.5 Å². The summed E-state index contributed by atoms with van der Waals surface area (Å²) in [4.78, 5) is 21.9. The quantitative estimate of drug-likeness (QED) is 0.405. The Hall–Kier alpha value is -1.72. The summed E-state index contributed by atoms with van der Waals surface area (Å²) in [7, 11) is 1.95. The van der Waals surface area contributed by atoms with E-state index in [4.69, 9.17) is 9.72 Å². The van der Waals surface area contributed by atoms with Crippen molar-refractivity contribution in [2.75, 3.05) is 20.3 Å². The number of carbonyl (C=O) groups is 1. The van der Waals surface area contributed by atoms with E-state index in [2.05, 4.69) is 45.9 Å². The van der Waals surface area contributed by atoms with Crippen LogP contribution in [0.3, 0.4) is 0 Å². The molecule has 2 aromatic rings. The molecule has 1 saturated heterocycles. The first-order chi connectivity index (χ1) is 17.1. The zero-order chi connectivity index (χ0) is 25.5. The molecule has 0 spiro atoms. The molecule has 2 aliphatic carbocycles. The van der Waals surface area contributed by atoms with Gasteiger partial charge in [0, 0.05) is 26.3 Å². The molecule has 4 nitrogen and oxygen atoms in total. The van der Waals surface area contributed by atoms with Crippen LogP contribution >= 0.6 is 11.3 Å². The molecular weight excluding hydrogens is 464 g/mol. The van der Waals surface area contributed by atoms with Gasteiger partial charge < -0.3 is 9.64 Å². The summed E-state index contributed by atoms with van der Waals surface area (Å²) in [6.07, 6.45) is 11.9. The monoisotopic (exact) mass is 508 g/mol. The smallest absolute Gasteiger partial charge is 0.282 e. The van der Waals surface area contributed by atoms with Crippen LogP contribution in [0.1, 0.15) is 112 Å². The van der Waals surface area contributed by atoms with Gasteiger partial charge in [-0.1, -0.05) is 65.9 Å². The molecular formula is C31H44N2O2S. The third kappa shape index (κ3) is 5.57. The second kappa shape index (κ2) is 10.2. The van der Waals surface area contributed by atoms with E-state index in [1.807, 2.05) is 11.9 Å². The number of hydrogen-bond acceptors (Lipinski definition) is 4. The van der Waals surface area contributed by atoms with Gasteiger partial charge in [0.05, 0.1) is 10.6 Å². The van der Waals surface area contributed by atoms with Crippen LogP contribution in [0.4, 0.5) is 0 Å². The van der Waals surface area contributed by atoms with E-state index >= 15 is 0 Å². The molecule has 5 heteroatoms. The summed E-state index contributed by atoms with van der Waals surface area (Å²) in [6, 6.07) is 7.47. The highest BCUT2D eigenvalue weighted by Gasteiger charge is 2.40. The molecule has 196 valence electrons. The summed E-state index contributed by atoms with van der Waals surface area (Å²) in [5.41, 5.74) is 5.62. The number of thiazole rings is 1. The van der Waals surface area contributed by atoms with Crippen molar-refractivity contribution in [3.8, 4) is 10.4 Å². The van der Waals surface area contributed by atoms with Crippen LogP contribution in [-0.4, -0.2) is 42.1 Å². The average molecular weight is 509 g/mol. The fourth-order valence-electron chi connectivity index (χ4n) is 5.88. The van der Waals surface area contributed by atoms with Crippen LogP contribution in [0, 0.1) is 5.92 Å². The Labute approximate surface area is 221 Å². The van der Waals surface area contributed by atoms with Gasteiger partial charge in [-0.3, -0.25) is 4.79 Å². The molecule has 1 aromatic carbocycles. The van der Waals surface area contributed by atoms with Gasteiger partial charge in [0.25, 0.3) is 5.91 Å². The molecule has 0 unspecified atom stereocenters. The van der Waals surface area contributed by atoms with Crippen molar-refractivity contribution >= 4 is 17.2 Å². The average Bonchev–Trinajstić information content (AvgIpc) is 3.50. The Morgan fingerprint density at radius 2 is 1.78 bits per heavy atom. The lowest BCUT2D eigenvalue weighted by Gasteiger charge is -2.30. The molecule has 3 aliphatic rings. The van der Waals surface area contributed by atoms with Gasteiger partial charge in [-0.2, -0.15) is 0 Å². The van der Waals surface area contributed by atoms with E-state index in [0.29, 0.717) is 16.3 Å². The fourth-order valence-corrected chi connectivity index (χ4v) is 6.94. The van der Waals surface area contributed by atoms with Gasteiger partial charge in [-0.25, -0.2) is 4.98 Å². The summed E-state index contributed by atoms with van der Waals surface area (Å²) < 4.78 is 5.53. The van der Waals surface area contributed by atoms with Gasteiger partial charge in [0.1, 0.15) is 0 Å². The predicted molar refractivity (Wildman–Crippen MR) is 149 cm³/mol. The van der Waals surface area contributed by atoms with Crippen LogP contribution < -0.4 is 0 Å². The standard InChI is InChI=1S/C31H44N2O2S/c1-30(2,3)23-18-22(19-24(20-23)31(4)13-14-31)27-26(17-21-9-7-6-8-10-21)32-28(36-27)29(34)33(5)25-11-15-35-16-12-25/h18-21,25H,6-17H2,1-5H3. The minimum atomic E-state index is 0.0735. The normalized spacial score (nSPS) is 20.9. The number of aromatic nitrogens is 1. The molecule has 0 bridgehead atoms. The zero-order valence-corrected chi connectivity index (χ0v) is 23.8. The SMILES string of the molecule is CN(C(=O)c1nc(CC2CCCCC2)c(-c2cc(C(C)(C)C)cc(C3(C)CC3)c2)s1)C1CCOCC1. The molecule has 0 radical (unpaired) electrons. The molecule has 2 heterocycles. The zero-order valence-electron chi connectivity index (χ0n) is 23.0. The lowest BCUT2D eigenvalue weighted by Crippen LogP contribution is -2.40. The Bertz CT molecular complexity index is 1060. The first-order valence-electron chi connectivity index (χ1n) is 14.1. The van der Waals surface area contributed by atoms with Crippen LogP contribution in [0.25, 0.3) is 10.4 Å². The maximum absolute atomic E-state index is 13.6. The number of hydrogen-bond donors (Lipinski definition) is 0. The topological polar surface area (TPSA) is 42.4 Å². The third-order valence-corrected chi connectivity index (χ3v) is 10.0. The number of amides is 1. The molecule has 36 heavy (non-hydrogen) atoms. The highest BCUT2D eigenvalue weighted by molar-refractivity contribution is 7.17. The number of nitrogens with zero attached hydrogens (tertiary/aromatic N) is 2. The van der Waals surface area contributed by atoms with Crippen molar-refractivity contribution < 1.29 is 9.53 Å². The van der Waals surface area contributed by atoms with Crippen LogP contribution in [0.2, 0.25) is 0 Å². The summed E-state index contributed by atoms with van der Waals surface area (Å²) in [5.74, 6) is 0.756. The van der Waals surface area contributed by atoms with E-state index in [0.717, 1.165) is 38.2 Å². The van der Waals surface area contributed by atoms with Gasteiger partial charge in [-0.05, 0) is 77.7 Å². The van der Waals surface area contributed by atoms with E-state index in [1.54, 1.807) is 11.3 Å².